The van der Waals surface area contributed by atoms with E-state index in [1.54, 1.807) is 0 Å². The van der Waals surface area contributed by atoms with E-state index in [0.29, 0.717) is 0 Å². The van der Waals surface area contributed by atoms with Crippen LogP contribution >= 0.6 is 0 Å². The minimum Gasteiger partial charge on any atom is 0.316 e. The molecule has 1 N–H and O–H groups in total. The summed E-state index contributed by atoms with van der Waals surface area (Å²) in [6.07, 6.45) is 0.833. The van der Waals surface area contributed by atoms with Crippen LogP contribution in [0.1, 0.15) is 0 Å². The zero-order valence-corrected chi connectivity index (χ0v) is 2.64. The fraction of sp³-hybridized carbons (Fsp3) is 0. The predicted octanol–water partition coefficient (Wildman–Crippen LogP) is -1.58. The zero-order chi connectivity index (χ0) is 4.28. The van der Waals surface area contributed by atoms with Crippen LogP contribution in [0.2, 0.25) is 0 Å². The molecule has 7 heavy (non-hydrogen) atoms. The molecule has 36 valence electrons. The van der Waals surface area contributed by atoms with Crippen LogP contribution in [0.3, 0.4) is 0 Å². The third-order valence-corrected chi connectivity index (χ3v) is 0.175. The number of carboxylic acid groups (broad SMARTS) is 1. The number of hydrogen-bond acceptors (Lipinski definition) is 1. The summed E-state index contributed by atoms with van der Waals surface area (Å²) in [5, 5.41) is 7.60. The van der Waals surface area contributed by atoms with Crippen molar-refractivity contribution in [2.24, 2.45) is 0 Å². The van der Waals surface area contributed by atoms with Gasteiger partial charge in [0.15, 0.2) is 0 Å². The zero-order valence-electron chi connectivity index (χ0n) is 2.64. The average Bonchev–Trinajstić information content (AvgIpc) is 1.38. The molecule has 0 aromatic rings. The van der Waals surface area contributed by atoms with Crippen molar-refractivity contribution >= 4 is 66.8 Å². The Hall–Kier alpha value is 1.24. The van der Waals surface area contributed by atoms with Gasteiger partial charge in [-0.25, -0.2) is 4.79 Å². The van der Waals surface area contributed by atoms with Gasteiger partial charge in [0.2, 0.25) is 0 Å². The molecule has 0 aliphatic carbocycles. The van der Waals surface area contributed by atoms with Gasteiger partial charge >= 0.3 is 66.8 Å². The van der Waals surface area contributed by atoms with Crippen LogP contribution in [0.15, 0.2) is 12.7 Å². The summed E-state index contributed by atoms with van der Waals surface area (Å²) in [4.78, 5) is 9.25. The maximum Gasteiger partial charge on any atom is 0.316 e. The average molecular weight is 140 g/mol. The van der Waals surface area contributed by atoms with Crippen molar-refractivity contribution in [1.29, 1.82) is 0 Å². The Balaban J connectivity index is -0.0000000800. The molecule has 0 bridgehead atoms. The van der Waals surface area contributed by atoms with Gasteiger partial charge in [0.25, 0.3) is 0 Å². The topological polar surface area (TPSA) is 37.3 Å². The van der Waals surface area contributed by atoms with Gasteiger partial charge in [-0.3, -0.25) is 0 Å². The van der Waals surface area contributed by atoms with Crippen LogP contribution < -0.4 is 0 Å². The quantitative estimate of drug-likeness (QED) is 0.353. The molecule has 0 amide bonds. The molecular formula is C3H8CaMgO2. The standard InChI is InChI=1S/C3H4O2.Ca.Mg.4H/c1-2-3(4)5;;;;;;/h2H,1H2,(H,4,5);;;;;;. The summed E-state index contributed by atoms with van der Waals surface area (Å²) in [5.41, 5.74) is 0. The number of hydrogen-bond donors (Lipinski definition) is 1. The van der Waals surface area contributed by atoms with Crippen molar-refractivity contribution in [1.82, 2.24) is 0 Å². The van der Waals surface area contributed by atoms with Gasteiger partial charge in [0.1, 0.15) is 0 Å². The first-order chi connectivity index (χ1) is 2.27. The molecule has 0 aromatic heterocycles. The van der Waals surface area contributed by atoms with Gasteiger partial charge in [0.05, 0.1) is 0 Å². The molecule has 2 nitrogen and oxygen atoms in total. The molecule has 0 aliphatic heterocycles. The smallest absolute Gasteiger partial charge is 0.316 e. The Kier molecular flexibility index (Phi) is 23.1. The van der Waals surface area contributed by atoms with Crippen molar-refractivity contribution in [3.8, 4) is 0 Å². The molecule has 0 fully saturated rings. The molecule has 0 aliphatic rings. The van der Waals surface area contributed by atoms with Crippen molar-refractivity contribution in [2.45, 2.75) is 0 Å². The fourth-order valence-electron chi connectivity index (χ4n) is 0. The molecule has 0 rings (SSSR count). The van der Waals surface area contributed by atoms with E-state index < -0.39 is 5.97 Å². The molecule has 0 spiro atoms. The first-order valence-electron chi connectivity index (χ1n) is 1.12. The summed E-state index contributed by atoms with van der Waals surface area (Å²) < 4.78 is 0. The van der Waals surface area contributed by atoms with Crippen LogP contribution in [0, 0.1) is 0 Å². The third kappa shape index (κ3) is 18.9. The van der Waals surface area contributed by atoms with Crippen LogP contribution in [0.5, 0.6) is 0 Å². The Bertz CT molecular complexity index is 64.0. The van der Waals surface area contributed by atoms with Crippen molar-refractivity contribution in [2.75, 3.05) is 0 Å². The van der Waals surface area contributed by atoms with Crippen LogP contribution in [-0.4, -0.2) is 71.9 Å². The van der Waals surface area contributed by atoms with Gasteiger partial charge < -0.3 is 5.11 Å². The minimum atomic E-state index is -0.981. The second kappa shape index (κ2) is 10.3. The SMILES string of the molecule is C=CC(=O)O.[CaH2].[MgH2]. The molecule has 0 aromatic carbocycles. The summed E-state index contributed by atoms with van der Waals surface area (Å²) >= 11 is 0. The molecule has 4 heteroatoms. The summed E-state index contributed by atoms with van der Waals surface area (Å²) in [7, 11) is 0. The normalized spacial score (nSPS) is 4.57. The number of aliphatic carboxylic acids is 1. The predicted molar refractivity (Wildman–Crippen MR) is 34.9 cm³/mol. The molecule has 0 unspecified atom stereocenters. The van der Waals surface area contributed by atoms with E-state index in [1.165, 1.54) is 0 Å². The second-order valence-corrected chi connectivity index (χ2v) is 0.542. The van der Waals surface area contributed by atoms with Crippen molar-refractivity contribution < 1.29 is 9.90 Å². The number of rotatable bonds is 1. The van der Waals surface area contributed by atoms with E-state index in [1.807, 2.05) is 0 Å². The minimum absolute atomic E-state index is 0. The molecule has 0 heterocycles. The van der Waals surface area contributed by atoms with Gasteiger partial charge in [-0.2, -0.15) is 0 Å². The monoisotopic (exact) mass is 140 g/mol. The number of carbonyl (C=O) groups is 1. The third-order valence-electron chi connectivity index (χ3n) is 0.175. The Morgan fingerprint density at radius 2 is 1.86 bits per heavy atom. The van der Waals surface area contributed by atoms with E-state index in [4.69, 9.17) is 5.11 Å². The van der Waals surface area contributed by atoms with Crippen LogP contribution in [0.25, 0.3) is 0 Å². The fourth-order valence-corrected chi connectivity index (χ4v) is 0. The summed E-state index contributed by atoms with van der Waals surface area (Å²) in [5.74, 6) is -0.981. The molecule has 0 radical (unpaired) electrons. The van der Waals surface area contributed by atoms with Crippen molar-refractivity contribution in [3.05, 3.63) is 12.7 Å². The Labute approximate surface area is 88.1 Å². The van der Waals surface area contributed by atoms with E-state index in [2.05, 4.69) is 6.58 Å². The molecule has 0 atom stereocenters. The largest absolute Gasteiger partial charge is 0.316 e. The second-order valence-electron chi connectivity index (χ2n) is 0.542. The van der Waals surface area contributed by atoms with Gasteiger partial charge in [-0.15, -0.1) is 0 Å². The first kappa shape index (κ1) is 15.7. The van der Waals surface area contributed by atoms with Gasteiger partial charge in [0, 0.05) is 6.08 Å². The van der Waals surface area contributed by atoms with Gasteiger partial charge in [-0.1, -0.05) is 6.58 Å². The molecule has 0 saturated carbocycles. The molecule has 0 saturated heterocycles. The first-order valence-corrected chi connectivity index (χ1v) is 1.12. The number of carboxylic acids is 1. The summed E-state index contributed by atoms with van der Waals surface area (Å²) in [6, 6.07) is 0. The maximum absolute atomic E-state index is 9.25. The van der Waals surface area contributed by atoms with E-state index in [9.17, 15) is 4.79 Å². The van der Waals surface area contributed by atoms with Crippen molar-refractivity contribution in [3.63, 3.8) is 0 Å². The van der Waals surface area contributed by atoms with E-state index in [0.717, 1.165) is 6.08 Å². The summed E-state index contributed by atoms with van der Waals surface area (Å²) in [6.45, 7) is 2.96. The Morgan fingerprint density at radius 3 is 1.86 bits per heavy atom. The van der Waals surface area contributed by atoms with E-state index in [-0.39, 0.29) is 60.8 Å². The van der Waals surface area contributed by atoms with Crippen LogP contribution in [-0.2, 0) is 4.79 Å². The van der Waals surface area contributed by atoms with Gasteiger partial charge in [-0.05, 0) is 0 Å². The van der Waals surface area contributed by atoms with Crippen LogP contribution in [0.4, 0.5) is 0 Å². The van der Waals surface area contributed by atoms with E-state index >= 15 is 0 Å². The maximum atomic E-state index is 9.25. The Morgan fingerprint density at radius 1 is 1.71 bits per heavy atom. The molecular weight excluding hydrogens is 132 g/mol.